The standard InChI is InChI=1S/C19H31NS/c1-4-6-16-9-11-17(12-10-16)19(20-3)14-21-18-8-5-7-15(2)13-18/h9-12,15,18-20H,4-8,13-14H2,1-3H3. The molecule has 0 spiro atoms. The van der Waals surface area contributed by atoms with Crippen molar-refractivity contribution in [2.75, 3.05) is 12.8 Å². The highest BCUT2D eigenvalue weighted by Gasteiger charge is 2.20. The smallest absolute Gasteiger partial charge is 0.0409 e. The van der Waals surface area contributed by atoms with Crippen molar-refractivity contribution in [2.24, 2.45) is 5.92 Å². The van der Waals surface area contributed by atoms with Crippen LogP contribution in [0.4, 0.5) is 0 Å². The van der Waals surface area contributed by atoms with Crippen molar-refractivity contribution in [3.63, 3.8) is 0 Å². The highest BCUT2D eigenvalue weighted by molar-refractivity contribution is 7.99. The number of hydrogen-bond donors (Lipinski definition) is 1. The maximum Gasteiger partial charge on any atom is 0.0409 e. The van der Waals surface area contributed by atoms with Gasteiger partial charge in [-0.1, -0.05) is 57.4 Å². The highest BCUT2D eigenvalue weighted by Crippen LogP contribution is 2.33. The Bertz CT molecular complexity index is 401. The first kappa shape index (κ1) is 16.9. The van der Waals surface area contributed by atoms with E-state index in [1.165, 1.54) is 55.4 Å². The quantitative estimate of drug-likeness (QED) is 0.742. The molecule has 1 fully saturated rings. The summed E-state index contributed by atoms with van der Waals surface area (Å²) in [6.07, 6.45) is 8.11. The Balaban J connectivity index is 1.86. The van der Waals surface area contributed by atoms with Crippen LogP contribution in [0.5, 0.6) is 0 Å². The Morgan fingerprint density at radius 2 is 2.00 bits per heavy atom. The van der Waals surface area contributed by atoms with Crippen molar-refractivity contribution >= 4 is 11.8 Å². The Morgan fingerprint density at radius 3 is 2.62 bits per heavy atom. The summed E-state index contributed by atoms with van der Waals surface area (Å²) in [5.41, 5.74) is 2.90. The predicted octanol–water partition coefficient (Wildman–Crippen LogP) is 5.21. The van der Waals surface area contributed by atoms with Gasteiger partial charge in [0.05, 0.1) is 0 Å². The average Bonchev–Trinajstić information content (AvgIpc) is 2.50. The van der Waals surface area contributed by atoms with Gasteiger partial charge in [0, 0.05) is 17.0 Å². The Morgan fingerprint density at radius 1 is 1.24 bits per heavy atom. The van der Waals surface area contributed by atoms with Crippen LogP contribution in [0.3, 0.4) is 0 Å². The van der Waals surface area contributed by atoms with Gasteiger partial charge in [0.1, 0.15) is 0 Å². The largest absolute Gasteiger partial charge is 0.312 e. The molecule has 2 rings (SSSR count). The molecule has 3 unspecified atom stereocenters. The number of aryl methyl sites for hydroxylation is 1. The molecule has 3 atom stereocenters. The monoisotopic (exact) mass is 305 g/mol. The van der Waals surface area contributed by atoms with Gasteiger partial charge in [-0.2, -0.15) is 11.8 Å². The second-order valence-electron chi connectivity index (χ2n) is 6.56. The number of hydrogen-bond acceptors (Lipinski definition) is 2. The normalized spacial score (nSPS) is 24.0. The van der Waals surface area contributed by atoms with Crippen molar-refractivity contribution in [1.29, 1.82) is 0 Å². The molecule has 0 heterocycles. The van der Waals surface area contributed by atoms with Crippen molar-refractivity contribution in [3.05, 3.63) is 35.4 Å². The third kappa shape index (κ3) is 5.34. The van der Waals surface area contributed by atoms with E-state index in [0.717, 1.165) is 11.2 Å². The molecule has 118 valence electrons. The second-order valence-corrected chi connectivity index (χ2v) is 7.89. The van der Waals surface area contributed by atoms with E-state index in [9.17, 15) is 0 Å². The minimum Gasteiger partial charge on any atom is -0.312 e. The van der Waals surface area contributed by atoms with Gasteiger partial charge in [-0.3, -0.25) is 0 Å². The van der Waals surface area contributed by atoms with Gasteiger partial charge in [0.2, 0.25) is 0 Å². The molecule has 1 N–H and O–H groups in total. The molecule has 1 aliphatic carbocycles. The number of benzene rings is 1. The van der Waals surface area contributed by atoms with Gasteiger partial charge < -0.3 is 5.32 Å². The summed E-state index contributed by atoms with van der Waals surface area (Å²) >= 11 is 2.18. The molecule has 1 aliphatic rings. The van der Waals surface area contributed by atoms with Crippen molar-refractivity contribution in [1.82, 2.24) is 5.32 Å². The third-order valence-corrected chi connectivity index (χ3v) is 6.08. The Kier molecular flexibility index (Phi) is 7.12. The molecular weight excluding hydrogens is 274 g/mol. The van der Waals surface area contributed by atoms with Crippen LogP contribution >= 0.6 is 11.8 Å². The van der Waals surface area contributed by atoms with Crippen molar-refractivity contribution in [3.8, 4) is 0 Å². The lowest BCUT2D eigenvalue weighted by atomic mass is 9.91. The van der Waals surface area contributed by atoms with Crippen LogP contribution in [-0.4, -0.2) is 18.1 Å². The molecule has 1 aromatic carbocycles. The fourth-order valence-corrected chi connectivity index (χ4v) is 4.94. The van der Waals surface area contributed by atoms with Gasteiger partial charge >= 0.3 is 0 Å². The summed E-state index contributed by atoms with van der Waals surface area (Å²) in [5, 5.41) is 4.38. The molecule has 1 nitrogen and oxygen atoms in total. The Labute approximate surface area is 135 Å². The van der Waals surface area contributed by atoms with Crippen LogP contribution in [0, 0.1) is 5.92 Å². The van der Waals surface area contributed by atoms with Crippen LogP contribution in [0.2, 0.25) is 0 Å². The van der Waals surface area contributed by atoms with E-state index >= 15 is 0 Å². The summed E-state index contributed by atoms with van der Waals surface area (Å²) < 4.78 is 0. The first-order valence-corrected chi connectivity index (χ1v) is 9.65. The number of rotatable bonds is 7. The third-order valence-electron chi connectivity index (χ3n) is 4.66. The maximum atomic E-state index is 3.50. The molecule has 0 aromatic heterocycles. The molecule has 0 bridgehead atoms. The number of thioether (sulfide) groups is 1. The molecular formula is C19H31NS. The topological polar surface area (TPSA) is 12.0 Å². The lowest BCUT2D eigenvalue weighted by Gasteiger charge is -2.28. The summed E-state index contributed by atoms with van der Waals surface area (Å²) in [6, 6.07) is 9.72. The van der Waals surface area contributed by atoms with Gasteiger partial charge in [-0.15, -0.1) is 0 Å². The fraction of sp³-hybridized carbons (Fsp3) is 0.684. The zero-order valence-corrected chi connectivity index (χ0v) is 14.7. The molecule has 0 radical (unpaired) electrons. The lowest BCUT2D eigenvalue weighted by molar-refractivity contribution is 0.394. The highest BCUT2D eigenvalue weighted by atomic mass is 32.2. The molecule has 0 saturated heterocycles. The molecule has 21 heavy (non-hydrogen) atoms. The molecule has 2 heteroatoms. The number of nitrogens with one attached hydrogen (secondary N) is 1. The molecule has 0 aliphatic heterocycles. The van der Waals surface area contributed by atoms with E-state index in [0.29, 0.717) is 6.04 Å². The zero-order chi connectivity index (χ0) is 15.1. The van der Waals surface area contributed by atoms with Gasteiger partial charge in [-0.25, -0.2) is 0 Å². The van der Waals surface area contributed by atoms with Crippen LogP contribution < -0.4 is 5.32 Å². The van der Waals surface area contributed by atoms with Crippen molar-refractivity contribution < 1.29 is 0 Å². The summed E-state index contributed by atoms with van der Waals surface area (Å²) in [6.45, 7) is 4.65. The van der Waals surface area contributed by atoms with E-state index in [2.05, 4.69) is 62.2 Å². The predicted molar refractivity (Wildman–Crippen MR) is 96.1 cm³/mol. The summed E-state index contributed by atoms with van der Waals surface area (Å²) in [7, 11) is 2.09. The van der Waals surface area contributed by atoms with E-state index < -0.39 is 0 Å². The lowest BCUT2D eigenvalue weighted by Crippen LogP contribution is -2.22. The van der Waals surface area contributed by atoms with E-state index in [-0.39, 0.29) is 0 Å². The first-order valence-electron chi connectivity index (χ1n) is 8.60. The van der Waals surface area contributed by atoms with Gasteiger partial charge in [0.15, 0.2) is 0 Å². The zero-order valence-electron chi connectivity index (χ0n) is 13.9. The molecule has 1 saturated carbocycles. The van der Waals surface area contributed by atoms with E-state index in [1.807, 2.05) is 0 Å². The first-order chi connectivity index (χ1) is 10.2. The summed E-state index contributed by atoms with van der Waals surface area (Å²) in [5.74, 6) is 2.12. The van der Waals surface area contributed by atoms with E-state index in [4.69, 9.17) is 0 Å². The second kappa shape index (κ2) is 8.85. The average molecular weight is 306 g/mol. The molecule has 1 aromatic rings. The van der Waals surface area contributed by atoms with Crippen molar-refractivity contribution in [2.45, 2.75) is 63.7 Å². The Hall–Kier alpha value is -0.470. The van der Waals surface area contributed by atoms with Crippen LogP contribution in [0.25, 0.3) is 0 Å². The minimum atomic E-state index is 0.489. The minimum absolute atomic E-state index is 0.489. The van der Waals surface area contributed by atoms with Gasteiger partial charge in [0.25, 0.3) is 0 Å². The maximum absolute atomic E-state index is 3.50. The van der Waals surface area contributed by atoms with Crippen LogP contribution in [0.15, 0.2) is 24.3 Å². The van der Waals surface area contributed by atoms with Crippen LogP contribution in [0.1, 0.15) is 63.1 Å². The SMILES string of the molecule is CCCc1ccc(C(CSC2CCCC(C)C2)NC)cc1. The fourth-order valence-electron chi connectivity index (χ4n) is 3.31. The summed E-state index contributed by atoms with van der Waals surface area (Å²) in [4.78, 5) is 0. The molecule has 0 amide bonds. The van der Waals surface area contributed by atoms with Gasteiger partial charge in [-0.05, 0) is 43.4 Å². The van der Waals surface area contributed by atoms with Crippen LogP contribution in [-0.2, 0) is 6.42 Å². The van der Waals surface area contributed by atoms with E-state index in [1.54, 1.807) is 0 Å².